The van der Waals surface area contributed by atoms with Gasteiger partial charge in [0.05, 0.1) is 0 Å². The number of thioether (sulfide) groups is 1. The van der Waals surface area contributed by atoms with E-state index in [1.165, 1.54) is 24.2 Å². The molecule has 3 atom stereocenters. The molecular weight excluding hydrogens is 228 g/mol. The SMILES string of the molecule is CC1CCC(Sc2cccc(C=O)c2)CC1C. The van der Waals surface area contributed by atoms with Crippen LogP contribution in [0.15, 0.2) is 29.2 Å². The van der Waals surface area contributed by atoms with E-state index in [2.05, 4.69) is 19.9 Å². The second-order valence-corrected chi connectivity index (χ2v) is 6.57. The summed E-state index contributed by atoms with van der Waals surface area (Å²) in [5.74, 6) is 1.70. The molecule has 1 aromatic rings. The van der Waals surface area contributed by atoms with Crippen molar-refractivity contribution >= 4 is 18.0 Å². The van der Waals surface area contributed by atoms with Gasteiger partial charge in [-0.2, -0.15) is 0 Å². The van der Waals surface area contributed by atoms with Crippen LogP contribution in [0.4, 0.5) is 0 Å². The molecule has 1 fully saturated rings. The molecule has 0 aliphatic heterocycles. The summed E-state index contributed by atoms with van der Waals surface area (Å²) in [6.45, 7) is 4.72. The number of hydrogen-bond acceptors (Lipinski definition) is 2. The van der Waals surface area contributed by atoms with Crippen LogP contribution >= 0.6 is 11.8 Å². The van der Waals surface area contributed by atoms with Crippen LogP contribution in [0.25, 0.3) is 0 Å². The summed E-state index contributed by atoms with van der Waals surface area (Å²) in [5.41, 5.74) is 0.784. The minimum Gasteiger partial charge on any atom is -0.298 e. The lowest BCUT2D eigenvalue weighted by Crippen LogP contribution is -2.22. The molecule has 3 unspecified atom stereocenters. The monoisotopic (exact) mass is 248 g/mol. The van der Waals surface area contributed by atoms with Crippen molar-refractivity contribution in [1.82, 2.24) is 0 Å². The van der Waals surface area contributed by atoms with E-state index in [0.29, 0.717) is 0 Å². The average Bonchev–Trinajstić information content (AvgIpc) is 2.34. The summed E-state index contributed by atoms with van der Waals surface area (Å²) in [4.78, 5) is 12.0. The topological polar surface area (TPSA) is 17.1 Å². The van der Waals surface area contributed by atoms with Gasteiger partial charge in [0.15, 0.2) is 0 Å². The molecule has 0 radical (unpaired) electrons. The molecule has 0 aromatic heterocycles. The van der Waals surface area contributed by atoms with E-state index >= 15 is 0 Å². The summed E-state index contributed by atoms with van der Waals surface area (Å²) in [5, 5.41) is 0.725. The number of rotatable bonds is 3. The fourth-order valence-corrected chi connectivity index (χ4v) is 3.86. The van der Waals surface area contributed by atoms with Crippen LogP contribution in [-0.2, 0) is 0 Å². The molecule has 0 saturated heterocycles. The molecule has 2 heteroatoms. The van der Waals surface area contributed by atoms with E-state index in [4.69, 9.17) is 0 Å². The molecule has 1 aliphatic carbocycles. The Kier molecular flexibility index (Phi) is 4.27. The molecule has 0 bridgehead atoms. The second kappa shape index (κ2) is 5.72. The third-order valence-corrected chi connectivity index (χ3v) is 5.13. The first kappa shape index (κ1) is 12.7. The molecule has 0 spiro atoms. The standard InChI is InChI=1S/C15H20OS/c1-11-6-7-15(8-12(11)2)17-14-5-3-4-13(9-14)10-16/h3-5,9-12,15H,6-8H2,1-2H3. The summed E-state index contributed by atoms with van der Waals surface area (Å²) < 4.78 is 0. The fourth-order valence-electron chi connectivity index (χ4n) is 2.46. The molecule has 92 valence electrons. The lowest BCUT2D eigenvalue weighted by atomic mass is 9.81. The van der Waals surface area contributed by atoms with Crippen LogP contribution in [-0.4, -0.2) is 11.5 Å². The van der Waals surface area contributed by atoms with Crippen molar-refractivity contribution in [1.29, 1.82) is 0 Å². The molecular formula is C15H20OS. The Morgan fingerprint density at radius 3 is 2.76 bits per heavy atom. The molecule has 2 rings (SSSR count). The lowest BCUT2D eigenvalue weighted by molar-refractivity contribution is 0.112. The maximum atomic E-state index is 10.7. The molecule has 17 heavy (non-hydrogen) atoms. The number of hydrogen-bond donors (Lipinski definition) is 0. The smallest absolute Gasteiger partial charge is 0.150 e. The molecule has 0 N–H and O–H groups in total. The van der Waals surface area contributed by atoms with Gasteiger partial charge < -0.3 is 0 Å². The third-order valence-electron chi connectivity index (χ3n) is 3.85. The molecule has 0 amide bonds. The van der Waals surface area contributed by atoms with Gasteiger partial charge in [-0.1, -0.05) is 26.0 Å². The highest BCUT2D eigenvalue weighted by Crippen LogP contribution is 2.38. The first-order valence-corrected chi connectivity index (χ1v) is 7.29. The zero-order chi connectivity index (χ0) is 12.3. The highest BCUT2D eigenvalue weighted by Gasteiger charge is 2.24. The zero-order valence-corrected chi connectivity index (χ0v) is 11.4. The third kappa shape index (κ3) is 3.35. The summed E-state index contributed by atoms with van der Waals surface area (Å²) in [6.07, 6.45) is 4.88. The minimum atomic E-state index is 0.725. The van der Waals surface area contributed by atoms with Crippen molar-refractivity contribution in [3.8, 4) is 0 Å². The maximum absolute atomic E-state index is 10.7. The summed E-state index contributed by atoms with van der Waals surface area (Å²) in [7, 11) is 0. The number of aldehydes is 1. The Hall–Kier alpha value is -0.760. The van der Waals surface area contributed by atoms with Crippen LogP contribution in [0, 0.1) is 11.8 Å². The Balaban J connectivity index is 1.98. The van der Waals surface area contributed by atoms with Gasteiger partial charge in [0.1, 0.15) is 6.29 Å². The Bertz CT molecular complexity index is 388. The maximum Gasteiger partial charge on any atom is 0.150 e. The van der Waals surface area contributed by atoms with Crippen LogP contribution in [0.2, 0.25) is 0 Å². The second-order valence-electron chi connectivity index (χ2n) is 5.20. The van der Waals surface area contributed by atoms with E-state index in [9.17, 15) is 4.79 Å². The van der Waals surface area contributed by atoms with Gasteiger partial charge in [-0.25, -0.2) is 0 Å². The molecule has 1 nitrogen and oxygen atoms in total. The van der Waals surface area contributed by atoms with E-state index in [-0.39, 0.29) is 0 Å². The molecule has 1 saturated carbocycles. The normalized spacial score (nSPS) is 28.9. The summed E-state index contributed by atoms with van der Waals surface area (Å²) in [6, 6.07) is 7.95. The quantitative estimate of drug-likeness (QED) is 0.737. The number of benzene rings is 1. The van der Waals surface area contributed by atoms with E-state index < -0.39 is 0 Å². The van der Waals surface area contributed by atoms with E-state index in [0.717, 1.165) is 28.9 Å². The van der Waals surface area contributed by atoms with Crippen molar-refractivity contribution in [2.45, 2.75) is 43.3 Å². The van der Waals surface area contributed by atoms with Gasteiger partial charge in [0, 0.05) is 15.7 Å². The van der Waals surface area contributed by atoms with Crippen LogP contribution in [0.1, 0.15) is 43.5 Å². The fraction of sp³-hybridized carbons (Fsp3) is 0.533. The Morgan fingerprint density at radius 1 is 1.24 bits per heavy atom. The van der Waals surface area contributed by atoms with E-state index in [1.807, 2.05) is 30.0 Å². The Labute approximate surface area is 108 Å². The number of carbonyl (C=O) groups excluding carboxylic acids is 1. The average molecular weight is 248 g/mol. The minimum absolute atomic E-state index is 0.725. The van der Waals surface area contributed by atoms with Crippen molar-refractivity contribution in [2.75, 3.05) is 0 Å². The molecule has 0 heterocycles. The van der Waals surface area contributed by atoms with Gasteiger partial charge in [-0.05, 0) is 43.2 Å². The summed E-state index contributed by atoms with van der Waals surface area (Å²) >= 11 is 1.94. The van der Waals surface area contributed by atoms with Gasteiger partial charge in [0.2, 0.25) is 0 Å². The van der Waals surface area contributed by atoms with Crippen molar-refractivity contribution < 1.29 is 4.79 Å². The van der Waals surface area contributed by atoms with Gasteiger partial charge in [-0.15, -0.1) is 11.8 Å². The molecule has 1 aliphatic rings. The van der Waals surface area contributed by atoms with Gasteiger partial charge in [-0.3, -0.25) is 4.79 Å². The zero-order valence-electron chi connectivity index (χ0n) is 10.6. The number of carbonyl (C=O) groups is 1. The predicted octanol–water partition coefficient (Wildman–Crippen LogP) is 4.42. The van der Waals surface area contributed by atoms with Crippen LogP contribution in [0.5, 0.6) is 0 Å². The van der Waals surface area contributed by atoms with Crippen molar-refractivity contribution in [3.63, 3.8) is 0 Å². The van der Waals surface area contributed by atoms with Gasteiger partial charge in [0.25, 0.3) is 0 Å². The highest BCUT2D eigenvalue weighted by atomic mass is 32.2. The first-order chi connectivity index (χ1) is 8.19. The predicted molar refractivity (Wildman–Crippen MR) is 73.7 cm³/mol. The lowest BCUT2D eigenvalue weighted by Gasteiger charge is -2.31. The highest BCUT2D eigenvalue weighted by molar-refractivity contribution is 8.00. The van der Waals surface area contributed by atoms with Gasteiger partial charge >= 0.3 is 0 Å². The first-order valence-electron chi connectivity index (χ1n) is 6.41. The Morgan fingerprint density at radius 2 is 2.06 bits per heavy atom. The van der Waals surface area contributed by atoms with E-state index in [1.54, 1.807) is 0 Å². The van der Waals surface area contributed by atoms with Crippen LogP contribution < -0.4 is 0 Å². The molecule has 1 aromatic carbocycles. The largest absolute Gasteiger partial charge is 0.298 e. The van der Waals surface area contributed by atoms with Crippen molar-refractivity contribution in [2.24, 2.45) is 11.8 Å². The van der Waals surface area contributed by atoms with Crippen LogP contribution in [0.3, 0.4) is 0 Å². The van der Waals surface area contributed by atoms with Crippen molar-refractivity contribution in [3.05, 3.63) is 29.8 Å².